The summed E-state index contributed by atoms with van der Waals surface area (Å²) in [5.74, 6) is 0.437. The molecule has 15 heavy (non-hydrogen) atoms. The van der Waals surface area contributed by atoms with E-state index in [-0.39, 0.29) is 11.2 Å². The summed E-state index contributed by atoms with van der Waals surface area (Å²) in [6, 6.07) is 0.338. The highest BCUT2D eigenvalue weighted by Gasteiger charge is 2.07. The molecule has 0 aliphatic rings. The Hall–Kier alpha value is -1.56. The molecular formula is C9H17N5O. The molecule has 4 N–H and O–H groups in total. The van der Waals surface area contributed by atoms with Gasteiger partial charge >= 0.3 is 0 Å². The van der Waals surface area contributed by atoms with Crippen LogP contribution < -0.4 is 16.6 Å². The van der Waals surface area contributed by atoms with Crippen LogP contribution in [0, 0.1) is 0 Å². The van der Waals surface area contributed by atoms with Crippen LogP contribution in [0.4, 0.5) is 11.5 Å². The van der Waals surface area contributed by atoms with Crippen LogP contribution in [0.2, 0.25) is 0 Å². The van der Waals surface area contributed by atoms with Gasteiger partial charge in [0, 0.05) is 12.6 Å². The molecule has 0 aliphatic carbocycles. The zero-order chi connectivity index (χ0) is 11.4. The summed E-state index contributed by atoms with van der Waals surface area (Å²) in [6.45, 7) is 2.75. The highest BCUT2D eigenvalue weighted by molar-refractivity contribution is 5.58. The molecule has 1 rings (SSSR count). The van der Waals surface area contributed by atoms with Crippen molar-refractivity contribution in [3.8, 4) is 0 Å². The number of nitrogen functional groups attached to an aromatic ring is 1. The largest absolute Gasteiger partial charge is 0.391 e. The Kier molecular flexibility index (Phi) is 3.68. The van der Waals surface area contributed by atoms with Crippen molar-refractivity contribution in [3.63, 3.8) is 0 Å². The summed E-state index contributed by atoms with van der Waals surface area (Å²) < 4.78 is 0. The van der Waals surface area contributed by atoms with Gasteiger partial charge in [0.05, 0.1) is 6.33 Å². The highest BCUT2D eigenvalue weighted by atomic mass is 16.1. The van der Waals surface area contributed by atoms with Crippen LogP contribution in [0.5, 0.6) is 0 Å². The molecule has 0 spiro atoms. The molecule has 0 saturated heterocycles. The van der Waals surface area contributed by atoms with Gasteiger partial charge in [-0.25, -0.2) is 4.98 Å². The van der Waals surface area contributed by atoms with Crippen LogP contribution in [0.25, 0.3) is 0 Å². The molecule has 0 fully saturated rings. The molecule has 1 atom stereocenters. The zero-order valence-corrected chi connectivity index (χ0v) is 9.24. The summed E-state index contributed by atoms with van der Waals surface area (Å²) >= 11 is 0. The third-order valence-corrected chi connectivity index (χ3v) is 2.34. The Labute approximate surface area is 88.5 Å². The normalized spacial score (nSPS) is 12.8. The molecule has 0 amide bonds. The fourth-order valence-corrected chi connectivity index (χ4v) is 0.978. The van der Waals surface area contributed by atoms with Gasteiger partial charge in [-0.05, 0) is 21.0 Å². The second-order valence-electron chi connectivity index (χ2n) is 3.69. The molecule has 0 bridgehead atoms. The SMILES string of the molecule is CC(CNc1nc[nH]c(=O)c1N)N(C)C. The van der Waals surface area contributed by atoms with Gasteiger partial charge in [0.15, 0.2) is 5.82 Å². The van der Waals surface area contributed by atoms with Crippen LogP contribution in [-0.4, -0.2) is 41.5 Å². The number of hydrogen-bond donors (Lipinski definition) is 3. The second kappa shape index (κ2) is 4.79. The molecule has 1 heterocycles. The summed E-state index contributed by atoms with van der Waals surface area (Å²) in [7, 11) is 3.97. The van der Waals surface area contributed by atoms with E-state index in [9.17, 15) is 4.79 Å². The molecule has 1 unspecified atom stereocenters. The number of aromatic nitrogens is 2. The first-order chi connectivity index (χ1) is 7.02. The molecule has 0 aromatic carbocycles. The van der Waals surface area contributed by atoms with Gasteiger partial charge in [-0.2, -0.15) is 0 Å². The van der Waals surface area contributed by atoms with Crippen molar-refractivity contribution in [1.82, 2.24) is 14.9 Å². The van der Waals surface area contributed by atoms with Crippen molar-refractivity contribution in [3.05, 3.63) is 16.7 Å². The smallest absolute Gasteiger partial charge is 0.276 e. The lowest BCUT2D eigenvalue weighted by atomic mass is 10.3. The van der Waals surface area contributed by atoms with E-state index >= 15 is 0 Å². The van der Waals surface area contributed by atoms with E-state index in [1.54, 1.807) is 0 Å². The summed E-state index contributed by atoms with van der Waals surface area (Å²) in [6.07, 6.45) is 1.33. The first-order valence-electron chi connectivity index (χ1n) is 4.76. The lowest BCUT2D eigenvalue weighted by Gasteiger charge is -2.20. The standard InChI is InChI=1S/C9H17N5O/c1-6(14(2)3)4-11-8-7(10)9(15)13-5-12-8/h5-6H,4,10H2,1-3H3,(H2,11,12,13,15). The number of H-pyrrole nitrogens is 1. The van der Waals surface area contributed by atoms with Crippen molar-refractivity contribution in [2.45, 2.75) is 13.0 Å². The third-order valence-electron chi connectivity index (χ3n) is 2.34. The van der Waals surface area contributed by atoms with Crippen molar-refractivity contribution >= 4 is 11.5 Å². The topological polar surface area (TPSA) is 87.0 Å². The van der Waals surface area contributed by atoms with Crippen molar-refractivity contribution in [1.29, 1.82) is 0 Å². The molecule has 1 aromatic heterocycles. The van der Waals surface area contributed by atoms with Gasteiger partial charge in [-0.1, -0.05) is 0 Å². The summed E-state index contributed by atoms with van der Waals surface area (Å²) in [4.78, 5) is 19.6. The average molecular weight is 211 g/mol. The van der Waals surface area contributed by atoms with Crippen molar-refractivity contribution in [2.75, 3.05) is 31.7 Å². The minimum absolute atomic E-state index is 0.128. The van der Waals surface area contributed by atoms with E-state index in [1.807, 2.05) is 14.1 Å². The van der Waals surface area contributed by atoms with E-state index in [1.165, 1.54) is 6.33 Å². The molecule has 0 saturated carbocycles. The molecule has 84 valence electrons. The fourth-order valence-electron chi connectivity index (χ4n) is 0.978. The number of nitrogens with zero attached hydrogens (tertiary/aromatic N) is 2. The van der Waals surface area contributed by atoms with Crippen LogP contribution >= 0.6 is 0 Å². The zero-order valence-electron chi connectivity index (χ0n) is 9.24. The number of nitrogens with two attached hydrogens (primary N) is 1. The quantitative estimate of drug-likeness (QED) is 0.637. The van der Waals surface area contributed by atoms with E-state index in [0.717, 1.165) is 0 Å². The lowest BCUT2D eigenvalue weighted by Crippen LogP contribution is -2.32. The third kappa shape index (κ3) is 2.95. The number of likely N-dealkylation sites (N-methyl/N-ethyl adjacent to an activating group) is 1. The Balaban J connectivity index is 2.66. The highest BCUT2D eigenvalue weighted by Crippen LogP contribution is 2.07. The Bertz CT molecular complexity index is 373. The molecule has 0 aliphatic heterocycles. The lowest BCUT2D eigenvalue weighted by molar-refractivity contribution is 0.326. The number of anilines is 2. The molecule has 0 radical (unpaired) electrons. The Morgan fingerprint density at radius 3 is 2.93 bits per heavy atom. The molecule has 6 heteroatoms. The minimum atomic E-state index is -0.315. The van der Waals surface area contributed by atoms with E-state index < -0.39 is 0 Å². The van der Waals surface area contributed by atoms with Gasteiger partial charge in [-0.15, -0.1) is 0 Å². The minimum Gasteiger partial charge on any atom is -0.391 e. The molecule has 1 aromatic rings. The van der Waals surface area contributed by atoms with Gasteiger partial charge in [0.2, 0.25) is 0 Å². The second-order valence-corrected chi connectivity index (χ2v) is 3.69. The van der Waals surface area contributed by atoms with E-state index in [4.69, 9.17) is 5.73 Å². The average Bonchev–Trinajstić information content (AvgIpc) is 2.19. The van der Waals surface area contributed by atoms with Crippen LogP contribution in [0.1, 0.15) is 6.92 Å². The first kappa shape index (κ1) is 11.5. The number of nitrogens with one attached hydrogen (secondary N) is 2. The van der Waals surface area contributed by atoms with Crippen LogP contribution in [-0.2, 0) is 0 Å². The van der Waals surface area contributed by atoms with Crippen molar-refractivity contribution < 1.29 is 0 Å². The molecular weight excluding hydrogens is 194 g/mol. The van der Waals surface area contributed by atoms with Crippen molar-refractivity contribution in [2.24, 2.45) is 0 Å². The van der Waals surface area contributed by atoms with Gasteiger partial charge in [0.1, 0.15) is 5.69 Å². The number of aromatic amines is 1. The first-order valence-corrected chi connectivity index (χ1v) is 4.76. The maximum atomic E-state index is 11.1. The predicted molar refractivity (Wildman–Crippen MR) is 60.9 cm³/mol. The summed E-state index contributed by atoms with van der Waals surface area (Å²) in [5, 5.41) is 3.04. The number of hydrogen-bond acceptors (Lipinski definition) is 5. The monoisotopic (exact) mass is 211 g/mol. The predicted octanol–water partition coefficient (Wildman–Crippen LogP) is -0.286. The number of rotatable bonds is 4. The van der Waals surface area contributed by atoms with Gasteiger partial charge < -0.3 is 20.9 Å². The van der Waals surface area contributed by atoms with Gasteiger partial charge in [-0.3, -0.25) is 4.79 Å². The Morgan fingerprint density at radius 1 is 1.67 bits per heavy atom. The van der Waals surface area contributed by atoms with Gasteiger partial charge in [0.25, 0.3) is 5.56 Å². The maximum absolute atomic E-state index is 11.1. The van der Waals surface area contributed by atoms with E-state index in [0.29, 0.717) is 18.4 Å². The van der Waals surface area contributed by atoms with Crippen LogP contribution in [0.3, 0.4) is 0 Å². The molecule has 6 nitrogen and oxygen atoms in total. The fraction of sp³-hybridized carbons (Fsp3) is 0.556. The van der Waals surface area contributed by atoms with Crippen LogP contribution in [0.15, 0.2) is 11.1 Å². The Morgan fingerprint density at radius 2 is 2.33 bits per heavy atom. The maximum Gasteiger partial charge on any atom is 0.276 e. The van der Waals surface area contributed by atoms with E-state index in [2.05, 4.69) is 27.1 Å². The summed E-state index contributed by atoms with van der Waals surface area (Å²) in [5.41, 5.74) is 5.38.